The molecule has 0 unspecified atom stereocenters. The fourth-order valence-electron chi connectivity index (χ4n) is 1.95. The summed E-state index contributed by atoms with van der Waals surface area (Å²) in [4.78, 5) is 13.3. The monoisotopic (exact) mass is 327 g/mol. The third-order valence-electron chi connectivity index (χ3n) is 3.56. The second kappa shape index (κ2) is 8.17. The molecule has 1 aromatic carbocycles. The van der Waals surface area contributed by atoms with Gasteiger partial charge in [-0.3, -0.25) is 4.79 Å². The van der Waals surface area contributed by atoms with E-state index in [1.807, 2.05) is 32.0 Å². The fourth-order valence-corrected chi connectivity index (χ4v) is 2.50. The number of aryl methyl sites for hydroxylation is 1. The predicted octanol–water partition coefficient (Wildman–Crippen LogP) is 1.97. The second-order valence-electron chi connectivity index (χ2n) is 5.60. The SMILES string of the molecule is Cc1cccc(OCCCN(C)C(=O)CCS(C)(=O)=O)c1C. The Labute approximate surface area is 133 Å². The number of hydrogen-bond donors (Lipinski definition) is 0. The molecule has 1 rings (SSSR count). The van der Waals surface area contributed by atoms with Crippen LogP contribution in [0, 0.1) is 13.8 Å². The van der Waals surface area contributed by atoms with E-state index in [0.29, 0.717) is 19.6 Å². The van der Waals surface area contributed by atoms with Gasteiger partial charge >= 0.3 is 0 Å². The van der Waals surface area contributed by atoms with Gasteiger partial charge in [0.25, 0.3) is 0 Å². The maximum Gasteiger partial charge on any atom is 0.223 e. The van der Waals surface area contributed by atoms with Crippen LogP contribution < -0.4 is 4.74 Å². The molecule has 0 aromatic heterocycles. The first-order valence-corrected chi connectivity index (χ1v) is 9.37. The molecule has 0 heterocycles. The van der Waals surface area contributed by atoms with Crippen LogP contribution in [0.2, 0.25) is 0 Å². The Bertz CT molecular complexity index is 611. The summed E-state index contributed by atoms with van der Waals surface area (Å²) in [6.07, 6.45) is 1.87. The minimum absolute atomic E-state index is 0.0349. The second-order valence-corrected chi connectivity index (χ2v) is 7.85. The number of nitrogens with zero attached hydrogens (tertiary/aromatic N) is 1. The number of benzene rings is 1. The van der Waals surface area contributed by atoms with Gasteiger partial charge in [-0.05, 0) is 37.5 Å². The van der Waals surface area contributed by atoms with E-state index in [1.165, 1.54) is 5.56 Å². The highest BCUT2D eigenvalue weighted by molar-refractivity contribution is 7.90. The van der Waals surface area contributed by atoms with E-state index < -0.39 is 9.84 Å². The lowest BCUT2D eigenvalue weighted by molar-refractivity contribution is -0.129. The third kappa shape index (κ3) is 6.47. The van der Waals surface area contributed by atoms with E-state index in [-0.39, 0.29) is 18.1 Å². The zero-order chi connectivity index (χ0) is 16.8. The van der Waals surface area contributed by atoms with Gasteiger partial charge in [0.1, 0.15) is 15.6 Å². The van der Waals surface area contributed by atoms with Crippen LogP contribution in [0.1, 0.15) is 24.0 Å². The molecule has 6 heteroatoms. The lowest BCUT2D eigenvalue weighted by atomic mass is 10.1. The molecule has 0 aliphatic carbocycles. The van der Waals surface area contributed by atoms with Crippen LogP contribution in [0.25, 0.3) is 0 Å². The summed E-state index contributed by atoms with van der Waals surface area (Å²) in [5.41, 5.74) is 2.31. The number of ether oxygens (including phenoxy) is 1. The molecule has 124 valence electrons. The summed E-state index contributed by atoms with van der Waals surface area (Å²) in [5, 5.41) is 0. The molecule has 0 aliphatic heterocycles. The van der Waals surface area contributed by atoms with Gasteiger partial charge in [0.05, 0.1) is 12.4 Å². The van der Waals surface area contributed by atoms with Crippen molar-refractivity contribution in [1.29, 1.82) is 0 Å². The number of rotatable bonds is 8. The Balaban J connectivity index is 2.32. The van der Waals surface area contributed by atoms with E-state index in [9.17, 15) is 13.2 Å². The molecule has 0 radical (unpaired) electrons. The topological polar surface area (TPSA) is 63.7 Å². The van der Waals surface area contributed by atoms with E-state index in [2.05, 4.69) is 0 Å². The van der Waals surface area contributed by atoms with E-state index in [1.54, 1.807) is 11.9 Å². The molecular weight excluding hydrogens is 302 g/mol. The van der Waals surface area contributed by atoms with E-state index in [0.717, 1.165) is 17.6 Å². The molecule has 5 nitrogen and oxygen atoms in total. The highest BCUT2D eigenvalue weighted by Gasteiger charge is 2.12. The minimum Gasteiger partial charge on any atom is -0.493 e. The smallest absolute Gasteiger partial charge is 0.223 e. The van der Waals surface area contributed by atoms with Gasteiger partial charge in [0.15, 0.2) is 0 Å². The van der Waals surface area contributed by atoms with Crippen molar-refractivity contribution in [2.75, 3.05) is 32.2 Å². The summed E-state index contributed by atoms with van der Waals surface area (Å²) in [6.45, 7) is 5.13. The fraction of sp³-hybridized carbons (Fsp3) is 0.562. The Morgan fingerprint density at radius 2 is 1.95 bits per heavy atom. The Hall–Kier alpha value is -1.56. The van der Waals surface area contributed by atoms with Crippen LogP contribution in [-0.2, 0) is 14.6 Å². The molecule has 0 saturated carbocycles. The molecule has 0 N–H and O–H groups in total. The lowest BCUT2D eigenvalue weighted by Crippen LogP contribution is -2.30. The van der Waals surface area contributed by atoms with Crippen LogP contribution >= 0.6 is 0 Å². The quantitative estimate of drug-likeness (QED) is 0.685. The normalized spacial score (nSPS) is 11.3. The summed E-state index contributed by atoms with van der Waals surface area (Å²) in [5.74, 6) is 0.609. The van der Waals surface area contributed by atoms with Crippen LogP contribution in [0.15, 0.2) is 18.2 Å². The van der Waals surface area contributed by atoms with Crippen molar-refractivity contribution in [2.45, 2.75) is 26.7 Å². The molecule has 1 aromatic rings. The average molecular weight is 327 g/mol. The molecule has 0 aliphatic rings. The first-order chi connectivity index (χ1) is 10.2. The molecule has 22 heavy (non-hydrogen) atoms. The van der Waals surface area contributed by atoms with Crippen LogP contribution in [0.3, 0.4) is 0 Å². The van der Waals surface area contributed by atoms with Crippen LogP contribution in [-0.4, -0.2) is 51.4 Å². The molecule has 0 saturated heterocycles. The number of carbonyl (C=O) groups is 1. The highest BCUT2D eigenvalue weighted by Crippen LogP contribution is 2.20. The van der Waals surface area contributed by atoms with E-state index >= 15 is 0 Å². The van der Waals surface area contributed by atoms with Gasteiger partial charge in [0.2, 0.25) is 5.91 Å². The van der Waals surface area contributed by atoms with Gasteiger partial charge in [-0.15, -0.1) is 0 Å². The molecular formula is C16H25NO4S. The molecule has 1 amide bonds. The van der Waals surface area contributed by atoms with Crippen molar-refractivity contribution < 1.29 is 17.9 Å². The third-order valence-corrected chi connectivity index (χ3v) is 4.51. The van der Waals surface area contributed by atoms with Gasteiger partial charge < -0.3 is 9.64 Å². The van der Waals surface area contributed by atoms with Crippen molar-refractivity contribution in [2.24, 2.45) is 0 Å². The standard InChI is InChI=1S/C16H25NO4S/c1-13-7-5-8-15(14(13)2)21-11-6-10-17(3)16(18)9-12-22(4,19)20/h5,7-8H,6,9-12H2,1-4H3. The van der Waals surface area contributed by atoms with Crippen molar-refractivity contribution >= 4 is 15.7 Å². The summed E-state index contributed by atoms with van der Waals surface area (Å²) in [7, 11) is -1.41. The van der Waals surface area contributed by atoms with Gasteiger partial charge in [-0.1, -0.05) is 12.1 Å². The van der Waals surface area contributed by atoms with Crippen molar-refractivity contribution in [3.05, 3.63) is 29.3 Å². The number of amides is 1. The van der Waals surface area contributed by atoms with Crippen molar-refractivity contribution in [3.63, 3.8) is 0 Å². The number of carbonyl (C=O) groups excluding carboxylic acids is 1. The zero-order valence-electron chi connectivity index (χ0n) is 13.8. The highest BCUT2D eigenvalue weighted by atomic mass is 32.2. The first-order valence-electron chi connectivity index (χ1n) is 7.31. The van der Waals surface area contributed by atoms with Crippen molar-refractivity contribution in [1.82, 2.24) is 4.90 Å². The lowest BCUT2D eigenvalue weighted by Gasteiger charge is -2.17. The average Bonchev–Trinajstić information content (AvgIpc) is 2.44. The molecule has 0 spiro atoms. The largest absolute Gasteiger partial charge is 0.493 e. The maximum absolute atomic E-state index is 11.8. The Morgan fingerprint density at radius 3 is 2.59 bits per heavy atom. The van der Waals surface area contributed by atoms with Crippen LogP contribution in [0.4, 0.5) is 0 Å². The predicted molar refractivity (Wildman–Crippen MR) is 88.0 cm³/mol. The zero-order valence-corrected chi connectivity index (χ0v) is 14.6. The van der Waals surface area contributed by atoms with Crippen LogP contribution in [0.5, 0.6) is 5.75 Å². The Kier molecular flexibility index (Phi) is 6.87. The number of sulfone groups is 1. The summed E-state index contributed by atoms with van der Waals surface area (Å²) < 4.78 is 27.8. The van der Waals surface area contributed by atoms with E-state index in [4.69, 9.17) is 4.74 Å². The van der Waals surface area contributed by atoms with Gasteiger partial charge in [-0.25, -0.2) is 8.42 Å². The summed E-state index contributed by atoms with van der Waals surface area (Å²) in [6, 6.07) is 5.93. The maximum atomic E-state index is 11.8. The van der Waals surface area contributed by atoms with Gasteiger partial charge in [-0.2, -0.15) is 0 Å². The number of hydrogen-bond acceptors (Lipinski definition) is 4. The molecule has 0 fully saturated rings. The molecule has 0 atom stereocenters. The Morgan fingerprint density at radius 1 is 1.27 bits per heavy atom. The van der Waals surface area contributed by atoms with Crippen molar-refractivity contribution in [3.8, 4) is 5.75 Å². The molecule has 0 bridgehead atoms. The minimum atomic E-state index is -3.09. The van der Waals surface area contributed by atoms with Gasteiger partial charge in [0, 0.05) is 26.3 Å². The first kappa shape index (κ1) is 18.5. The summed E-state index contributed by atoms with van der Waals surface area (Å²) >= 11 is 0.